The molecule has 60 heavy (non-hydrogen) atoms. The highest BCUT2D eigenvalue weighted by atomic mass is 16.7. The van der Waals surface area contributed by atoms with Crippen LogP contribution in [-0.4, -0.2) is 179 Å². The quantitative estimate of drug-likeness (QED) is 0.0558. The lowest BCUT2D eigenvalue weighted by Crippen LogP contribution is -2.41. The van der Waals surface area contributed by atoms with Crippen LogP contribution in [0.5, 0.6) is 5.75 Å². The van der Waals surface area contributed by atoms with Crippen LogP contribution in [0.2, 0.25) is 0 Å². The molecular weight excluding hydrogens is 781 g/mol. The molecule has 0 spiro atoms. The minimum atomic E-state index is -0.396. The Bertz CT molecular complexity index is 1320. The average molecular weight is 852 g/mol. The van der Waals surface area contributed by atoms with E-state index in [9.17, 15) is 14.4 Å². The third-order valence-electron chi connectivity index (χ3n) is 9.70. The summed E-state index contributed by atoms with van der Waals surface area (Å²) in [5.74, 6) is -0.189. The zero-order chi connectivity index (χ0) is 43.2. The lowest BCUT2D eigenvalue weighted by Gasteiger charge is -2.32. The molecule has 3 rings (SSSR count). The van der Waals surface area contributed by atoms with Gasteiger partial charge < -0.3 is 62.6 Å². The summed E-state index contributed by atoms with van der Waals surface area (Å²) in [5.41, 5.74) is 0.297. The van der Waals surface area contributed by atoms with Gasteiger partial charge in [-0.1, -0.05) is 12.1 Å². The lowest BCUT2D eigenvalue weighted by atomic mass is 9.79. The van der Waals surface area contributed by atoms with Gasteiger partial charge in [-0.05, 0) is 77.6 Å². The molecule has 1 aromatic carbocycles. The van der Waals surface area contributed by atoms with Crippen LogP contribution in [0.4, 0.5) is 0 Å². The Kier molecular flexibility index (Phi) is 26.5. The van der Waals surface area contributed by atoms with E-state index in [2.05, 4.69) is 38.3 Å². The van der Waals surface area contributed by atoms with Gasteiger partial charge in [0.1, 0.15) is 5.75 Å². The molecule has 2 aliphatic rings. The molecule has 1 fully saturated rings. The van der Waals surface area contributed by atoms with Crippen LogP contribution >= 0.6 is 0 Å². The molecule has 2 heterocycles. The Morgan fingerprint density at radius 2 is 1.00 bits per heavy atom. The second-order valence-corrected chi connectivity index (χ2v) is 15.0. The number of nitrogens with zero attached hydrogens (tertiary/aromatic N) is 1. The summed E-state index contributed by atoms with van der Waals surface area (Å²) in [5, 5.41) is 6.14. The number of ether oxygens (including phenoxy) is 9. The highest BCUT2D eigenvalue weighted by Gasteiger charge is 2.51. The second-order valence-electron chi connectivity index (χ2n) is 15.0. The Morgan fingerprint density at radius 3 is 1.48 bits per heavy atom. The molecule has 17 nitrogen and oxygen atoms in total. The van der Waals surface area contributed by atoms with Gasteiger partial charge in [-0.2, -0.15) is 0 Å². The van der Waals surface area contributed by atoms with Crippen LogP contribution in [0.15, 0.2) is 36.4 Å². The number of imide groups is 1. The van der Waals surface area contributed by atoms with Crippen LogP contribution in [0.25, 0.3) is 0 Å². The Labute approximate surface area is 356 Å². The highest BCUT2D eigenvalue weighted by Crippen LogP contribution is 2.36. The summed E-state index contributed by atoms with van der Waals surface area (Å²) in [7, 11) is -0.359. The maximum atomic E-state index is 11.8. The van der Waals surface area contributed by atoms with Gasteiger partial charge in [0.15, 0.2) is 0 Å². The molecule has 0 aliphatic carbocycles. The van der Waals surface area contributed by atoms with Gasteiger partial charge in [-0.15, -0.1) is 0 Å². The maximum Gasteiger partial charge on any atom is 0.494 e. The van der Waals surface area contributed by atoms with Crippen LogP contribution in [0.1, 0.15) is 53.4 Å². The molecule has 1 aromatic rings. The van der Waals surface area contributed by atoms with Crippen molar-refractivity contribution in [1.29, 1.82) is 0 Å². The first-order chi connectivity index (χ1) is 29.1. The van der Waals surface area contributed by atoms with Gasteiger partial charge in [-0.3, -0.25) is 19.3 Å². The van der Waals surface area contributed by atoms with Crippen molar-refractivity contribution in [1.82, 2.24) is 15.5 Å². The molecule has 0 atom stereocenters. The molecule has 0 aromatic heterocycles. The van der Waals surface area contributed by atoms with Gasteiger partial charge in [-0.25, -0.2) is 0 Å². The SMILES string of the molecule is CC1(C)OB(c2ccc(OCCCCNCCCOCCOCCOCCOCCOCCOCCOCCOCCNC(=O)CCN3C(=O)C=CC3=O)cc2)OC1(C)C. The van der Waals surface area contributed by atoms with Gasteiger partial charge in [0, 0.05) is 38.3 Å². The van der Waals surface area contributed by atoms with E-state index < -0.39 is 11.8 Å². The first-order valence-corrected chi connectivity index (χ1v) is 21.3. The molecule has 2 aliphatic heterocycles. The monoisotopic (exact) mass is 851 g/mol. The van der Waals surface area contributed by atoms with E-state index in [1.807, 2.05) is 24.3 Å². The van der Waals surface area contributed by atoms with Gasteiger partial charge in [0.2, 0.25) is 5.91 Å². The van der Waals surface area contributed by atoms with E-state index in [-0.39, 0.29) is 37.2 Å². The van der Waals surface area contributed by atoms with Gasteiger partial charge in [0.25, 0.3) is 11.8 Å². The van der Waals surface area contributed by atoms with E-state index in [0.29, 0.717) is 119 Å². The minimum absolute atomic E-state index is 0.0527. The summed E-state index contributed by atoms with van der Waals surface area (Å²) < 4.78 is 62.2. The highest BCUT2D eigenvalue weighted by molar-refractivity contribution is 6.62. The van der Waals surface area contributed by atoms with Crippen LogP contribution in [0.3, 0.4) is 0 Å². The molecular formula is C42H70BN3O14. The summed E-state index contributed by atoms with van der Waals surface area (Å²) in [6, 6.07) is 7.98. The van der Waals surface area contributed by atoms with Crippen LogP contribution in [-0.2, 0) is 61.6 Å². The summed E-state index contributed by atoms with van der Waals surface area (Å²) in [6.45, 7) is 18.9. The van der Waals surface area contributed by atoms with Crippen molar-refractivity contribution in [3.05, 3.63) is 36.4 Å². The third kappa shape index (κ3) is 22.2. The van der Waals surface area contributed by atoms with E-state index in [1.54, 1.807) is 0 Å². The molecule has 3 amide bonds. The predicted octanol–water partition coefficient (Wildman–Crippen LogP) is 1.69. The number of hydrogen-bond donors (Lipinski definition) is 2. The van der Waals surface area contributed by atoms with Crippen molar-refractivity contribution in [2.45, 2.75) is 64.6 Å². The number of carbonyl (C=O) groups excluding carboxylic acids is 3. The lowest BCUT2D eigenvalue weighted by molar-refractivity contribution is -0.137. The van der Waals surface area contributed by atoms with E-state index in [1.165, 1.54) is 12.2 Å². The molecule has 1 saturated heterocycles. The average Bonchev–Trinajstić information content (AvgIpc) is 3.67. The number of hydrogen-bond acceptors (Lipinski definition) is 15. The van der Waals surface area contributed by atoms with Crippen molar-refractivity contribution < 1.29 is 66.3 Å². The number of unbranched alkanes of at least 4 members (excludes halogenated alkanes) is 1. The van der Waals surface area contributed by atoms with E-state index in [0.717, 1.165) is 48.5 Å². The zero-order valence-electron chi connectivity index (χ0n) is 36.4. The summed E-state index contributed by atoms with van der Waals surface area (Å²) in [6.07, 6.45) is 5.42. The minimum Gasteiger partial charge on any atom is -0.494 e. The number of nitrogens with one attached hydrogen (secondary N) is 2. The van der Waals surface area contributed by atoms with Crippen LogP contribution in [0, 0.1) is 0 Å². The number of carbonyl (C=O) groups is 3. The largest absolute Gasteiger partial charge is 0.494 e. The number of rotatable bonds is 38. The van der Waals surface area contributed by atoms with Crippen molar-refractivity contribution in [2.75, 3.05) is 138 Å². The standard InChI is InChI=1S/C42H70BN3O14/c1-41(2)42(3,4)60-43(59-41)36-8-10-37(11-9-36)58-20-6-5-15-44-16-7-19-50-22-24-52-26-28-54-30-32-56-34-35-57-33-31-55-29-27-53-25-23-51-21-17-45-38(47)14-18-46-39(48)12-13-40(46)49/h8-13,44H,5-7,14-35H2,1-4H3,(H,45,47). The smallest absolute Gasteiger partial charge is 0.494 e. The van der Waals surface area contributed by atoms with Crippen LogP contribution < -0.4 is 20.8 Å². The Balaban J connectivity index is 0.924. The molecule has 0 unspecified atom stereocenters. The van der Waals surface area contributed by atoms with Crippen molar-refractivity contribution in [3.8, 4) is 5.75 Å². The zero-order valence-corrected chi connectivity index (χ0v) is 36.4. The fourth-order valence-electron chi connectivity index (χ4n) is 5.52. The van der Waals surface area contributed by atoms with Crippen molar-refractivity contribution in [3.63, 3.8) is 0 Å². The van der Waals surface area contributed by atoms with Gasteiger partial charge >= 0.3 is 7.12 Å². The van der Waals surface area contributed by atoms with Gasteiger partial charge in [0.05, 0.1) is 117 Å². The van der Waals surface area contributed by atoms with E-state index >= 15 is 0 Å². The first kappa shape index (κ1) is 51.3. The molecule has 2 N–H and O–H groups in total. The molecule has 340 valence electrons. The van der Waals surface area contributed by atoms with Crippen molar-refractivity contribution in [2.24, 2.45) is 0 Å². The molecule has 0 saturated carbocycles. The second kappa shape index (κ2) is 30.9. The Hall–Kier alpha value is -3.01. The van der Waals surface area contributed by atoms with E-state index in [4.69, 9.17) is 51.9 Å². The topological polar surface area (TPSA) is 180 Å². The fraction of sp³-hybridized carbons (Fsp3) is 0.738. The maximum absolute atomic E-state index is 11.8. The molecule has 18 heteroatoms. The summed E-state index contributed by atoms with van der Waals surface area (Å²) >= 11 is 0. The molecule has 0 bridgehead atoms. The fourth-order valence-corrected chi connectivity index (χ4v) is 5.52. The Morgan fingerprint density at radius 1 is 0.567 bits per heavy atom. The number of benzene rings is 1. The summed E-state index contributed by atoms with van der Waals surface area (Å²) in [4.78, 5) is 35.8. The number of amides is 3. The third-order valence-corrected chi connectivity index (χ3v) is 9.70. The predicted molar refractivity (Wildman–Crippen MR) is 224 cm³/mol. The first-order valence-electron chi connectivity index (χ1n) is 21.3. The molecule has 0 radical (unpaired) electrons. The normalized spacial score (nSPS) is 15.7. The van der Waals surface area contributed by atoms with Crippen molar-refractivity contribution >= 4 is 30.3 Å².